The molecule has 0 bridgehead atoms. The van der Waals surface area contributed by atoms with Crippen molar-refractivity contribution in [1.29, 1.82) is 5.26 Å². The van der Waals surface area contributed by atoms with Gasteiger partial charge < -0.3 is 10.2 Å². The van der Waals surface area contributed by atoms with Crippen LogP contribution in [0.25, 0.3) is 0 Å². The molecule has 0 saturated carbocycles. The Labute approximate surface area is 105 Å². The lowest BCUT2D eigenvalue weighted by molar-refractivity contribution is 0.306. The van der Waals surface area contributed by atoms with Gasteiger partial charge in [-0.2, -0.15) is 5.26 Å². The number of anilines is 1. The molecule has 2 aromatic rings. The summed E-state index contributed by atoms with van der Waals surface area (Å²) in [5.41, 5.74) is 3.99. The minimum atomic E-state index is 0.360. The number of nitrogen functional groups attached to an aromatic ring is 1. The largest absolute Gasteiger partial charge is 0.489 e. The summed E-state index contributed by atoms with van der Waals surface area (Å²) in [4.78, 5) is 4.08. The Kier molecular flexibility index (Phi) is 3.74. The van der Waals surface area contributed by atoms with Gasteiger partial charge in [0.25, 0.3) is 0 Å². The van der Waals surface area contributed by atoms with Gasteiger partial charge in [-0.1, -0.05) is 6.07 Å². The lowest BCUT2D eigenvalue weighted by Crippen LogP contribution is -2.12. The molecule has 1 aromatic carbocycles. The number of benzene rings is 1. The van der Waals surface area contributed by atoms with Gasteiger partial charge in [-0.3, -0.25) is 0 Å². The molecule has 0 spiro atoms. The van der Waals surface area contributed by atoms with Crippen molar-refractivity contribution in [2.24, 2.45) is 5.84 Å². The van der Waals surface area contributed by atoms with Crippen LogP contribution in [0.5, 0.6) is 5.75 Å². The zero-order valence-electron chi connectivity index (χ0n) is 9.63. The Bertz CT molecular complexity index is 560. The summed E-state index contributed by atoms with van der Waals surface area (Å²) in [6.07, 6.45) is 1.65. The molecule has 0 fully saturated rings. The third-order valence-corrected chi connectivity index (χ3v) is 2.41. The molecule has 5 nitrogen and oxygen atoms in total. The van der Waals surface area contributed by atoms with Gasteiger partial charge in [0.1, 0.15) is 18.2 Å². The van der Waals surface area contributed by atoms with Crippen LogP contribution in [0.3, 0.4) is 0 Å². The maximum absolute atomic E-state index is 8.68. The highest BCUT2D eigenvalue weighted by molar-refractivity contribution is 5.42. The minimum Gasteiger partial charge on any atom is -0.489 e. The normalized spacial score (nSPS) is 9.56. The van der Waals surface area contributed by atoms with E-state index in [0.717, 1.165) is 5.56 Å². The van der Waals surface area contributed by atoms with Crippen LogP contribution in [-0.4, -0.2) is 4.98 Å². The Morgan fingerprint density at radius 2 is 2.06 bits per heavy atom. The van der Waals surface area contributed by atoms with Gasteiger partial charge in [-0.15, -0.1) is 0 Å². The topological polar surface area (TPSA) is 84.0 Å². The van der Waals surface area contributed by atoms with Crippen LogP contribution >= 0.6 is 0 Å². The molecule has 0 saturated heterocycles. The molecule has 0 aliphatic heterocycles. The number of aromatic nitrogens is 1. The Morgan fingerprint density at radius 3 is 2.72 bits per heavy atom. The first-order valence-electron chi connectivity index (χ1n) is 5.37. The predicted octanol–water partition coefficient (Wildman–Crippen LogP) is 1.82. The highest BCUT2D eigenvalue weighted by atomic mass is 16.5. The Hall–Kier alpha value is -2.58. The number of nitrogens with two attached hydrogens (primary N) is 1. The number of hydrogen-bond acceptors (Lipinski definition) is 5. The molecule has 90 valence electrons. The molecule has 1 heterocycles. The smallest absolute Gasteiger partial charge is 0.146 e. The Balaban J connectivity index is 2.04. The first kappa shape index (κ1) is 11.9. The second-order valence-corrected chi connectivity index (χ2v) is 3.58. The quantitative estimate of drug-likeness (QED) is 0.629. The molecule has 1 aromatic heterocycles. The summed E-state index contributed by atoms with van der Waals surface area (Å²) in [6.45, 7) is 0.360. The van der Waals surface area contributed by atoms with Crippen LogP contribution < -0.4 is 16.0 Å². The molecule has 3 N–H and O–H groups in total. The van der Waals surface area contributed by atoms with Gasteiger partial charge in [0, 0.05) is 11.8 Å². The van der Waals surface area contributed by atoms with Crippen LogP contribution in [0.1, 0.15) is 11.1 Å². The summed E-state index contributed by atoms with van der Waals surface area (Å²) in [7, 11) is 0. The summed E-state index contributed by atoms with van der Waals surface area (Å²) in [6, 6.07) is 12.7. The van der Waals surface area contributed by atoms with Crippen LogP contribution in [0.4, 0.5) is 5.82 Å². The molecule has 0 radical (unpaired) electrons. The average molecular weight is 240 g/mol. The summed E-state index contributed by atoms with van der Waals surface area (Å²) in [5.74, 6) is 6.64. The third kappa shape index (κ3) is 2.75. The molecule has 0 amide bonds. The highest BCUT2D eigenvalue weighted by Crippen LogP contribution is 2.16. The number of nitriles is 1. The van der Waals surface area contributed by atoms with Crippen LogP contribution in [0.15, 0.2) is 42.6 Å². The second kappa shape index (κ2) is 5.66. The van der Waals surface area contributed by atoms with Gasteiger partial charge in [-0.05, 0) is 30.3 Å². The predicted molar refractivity (Wildman–Crippen MR) is 67.5 cm³/mol. The van der Waals surface area contributed by atoms with Crippen molar-refractivity contribution in [3.05, 3.63) is 53.7 Å². The van der Waals surface area contributed by atoms with Crippen LogP contribution in [-0.2, 0) is 6.61 Å². The fourth-order valence-corrected chi connectivity index (χ4v) is 1.47. The molecule has 5 heteroatoms. The monoisotopic (exact) mass is 240 g/mol. The average Bonchev–Trinajstić information content (AvgIpc) is 2.46. The van der Waals surface area contributed by atoms with Crippen LogP contribution in [0.2, 0.25) is 0 Å². The van der Waals surface area contributed by atoms with E-state index in [2.05, 4.69) is 16.5 Å². The van der Waals surface area contributed by atoms with Gasteiger partial charge in [-0.25, -0.2) is 10.8 Å². The number of nitrogens with one attached hydrogen (secondary N) is 1. The maximum atomic E-state index is 8.68. The molecular weight excluding hydrogens is 228 g/mol. The minimum absolute atomic E-state index is 0.360. The van der Waals surface area contributed by atoms with E-state index in [4.69, 9.17) is 15.8 Å². The van der Waals surface area contributed by atoms with E-state index >= 15 is 0 Å². The van der Waals surface area contributed by atoms with Crippen LogP contribution in [0, 0.1) is 11.3 Å². The van der Waals surface area contributed by atoms with Crippen molar-refractivity contribution < 1.29 is 4.74 Å². The Morgan fingerprint density at radius 1 is 1.28 bits per heavy atom. The standard InChI is InChI=1S/C13H12N4O/c14-8-10-3-5-12(6-4-10)18-9-11-2-1-7-16-13(11)17-15/h1-7H,9,15H2,(H,16,17). The number of ether oxygens (including phenoxy) is 1. The van der Waals surface area contributed by atoms with E-state index in [0.29, 0.717) is 23.7 Å². The molecule has 0 aliphatic rings. The van der Waals surface area contributed by atoms with Crippen molar-refractivity contribution in [1.82, 2.24) is 4.98 Å². The third-order valence-electron chi connectivity index (χ3n) is 2.41. The lowest BCUT2D eigenvalue weighted by atomic mass is 10.2. The number of hydrogen-bond donors (Lipinski definition) is 2. The summed E-state index contributed by atoms with van der Waals surface area (Å²) >= 11 is 0. The SMILES string of the molecule is N#Cc1ccc(OCc2cccnc2NN)cc1. The second-order valence-electron chi connectivity index (χ2n) is 3.58. The molecule has 2 rings (SSSR count). The molecule has 18 heavy (non-hydrogen) atoms. The van der Waals surface area contributed by atoms with E-state index < -0.39 is 0 Å². The fourth-order valence-electron chi connectivity index (χ4n) is 1.47. The van der Waals surface area contributed by atoms with E-state index in [9.17, 15) is 0 Å². The van der Waals surface area contributed by atoms with Gasteiger partial charge in [0.2, 0.25) is 0 Å². The molecular formula is C13H12N4O. The van der Waals surface area contributed by atoms with Gasteiger partial charge in [0.15, 0.2) is 0 Å². The van der Waals surface area contributed by atoms with E-state index in [1.807, 2.05) is 12.1 Å². The number of nitrogens with zero attached hydrogens (tertiary/aromatic N) is 2. The van der Waals surface area contributed by atoms with Crippen molar-refractivity contribution in [3.63, 3.8) is 0 Å². The zero-order chi connectivity index (χ0) is 12.8. The lowest BCUT2D eigenvalue weighted by Gasteiger charge is -2.09. The number of hydrazine groups is 1. The zero-order valence-corrected chi connectivity index (χ0v) is 9.63. The number of rotatable bonds is 4. The van der Waals surface area contributed by atoms with E-state index in [1.165, 1.54) is 0 Å². The fraction of sp³-hybridized carbons (Fsp3) is 0.0769. The molecule has 0 unspecified atom stereocenters. The first-order chi connectivity index (χ1) is 8.83. The highest BCUT2D eigenvalue weighted by Gasteiger charge is 2.02. The van der Waals surface area contributed by atoms with Crippen molar-refractivity contribution in [2.45, 2.75) is 6.61 Å². The molecule has 0 aliphatic carbocycles. The maximum Gasteiger partial charge on any atom is 0.146 e. The number of pyridine rings is 1. The summed E-state index contributed by atoms with van der Waals surface area (Å²) in [5, 5.41) is 8.68. The van der Waals surface area contributed by atoms with Gasteiger partial charge >= 0.3 is 0 Å². The summed E-state index contributed by atoms with van der Waals surface area (Å²) < 4.78 is 5.59. The molecule has 0 atom stereocenters. The van der Waals surface area contributed by atoms with Crippen molar-refractivity contribution in [3.8, 4) is 11.8 Å². The first-order valence-corrected chi connectivity index (χ1v) is 5.37. The van der Waals surface area contributed by atoms with Crippen molar-refractivity contribution in [2.75, 3.05) is 5.43 Å². The van der Waals surface area contributed by atoms with E-state index in [1.54, 1.807) is 30.5 Å². The van der Waals surface area contributed by atoms with E-state index in [-0.39, 0.29) is 0 Å². The van der Waals surface area contributed by atoms with Crippen molar-refractivity contribution >= 4 is 5.82 Å². The van der Waals surface area contributed by atoms with Gasteiger partial charge in [0.05, 0.1) is 11.6 Å².